The van der Waals surface area contributed by atoms with Crippen LogP contribution in [0.5, 0.6) is 11.5 Å². The normalized spacial score (nSPS) is 18.9. The van der Waals surface area contributed by atoms with Crippen LogP contribution in [0.2, 0.25) is 18.1 Å². The van der Waals surface area contributed by atoms with Crippen LogP contribution in [-0.4, -0.2) is 67.6 Å². The van der Waals surface area contributed by atoms with Crippen LogP contribution in [0.25, 0.3) is 0 Å². The molecule has 5 aromatic rings. The van der Waals surface area contributed by atoms with Crippen molar-refractivity contribution in [1.29, 1.82) is 0 Å². The van der Waals surface area contributed by atoms with E-state index in [0.717, 1.165) is 27.3 Å². The van der Waals surface area contributed by atoms with Gasteiger partial charge in [-0.05, 0) is 71.2 Å². The number of ether oxygens (including phenoxy) is 4. The highest BCUT2D eigenvalue weighted by Gasteiger charge is 2.52. The number of aliphatic hydroxyl groups is 1. The summed E-state index contributed by atoms with van der Waals surface area (Å²) >= 11 is 0. The number of rotatable bonds is 12. The van der Waals surface area contributed by atoms with Gasteiger partial charge >= 0.3 is 5.69 Å². The van der Waals surface area contributed by atoms with Gasteiger partial charge in [0.05, 0.1) is 20.8 Å². The van der Waals surface area contributed by atoms with Crippen LogP contribution in [0.4, 0.5) is 0 Å². The summed E-state index contributed by atoms with van der Waals surface area (Å²) in [4.78, 5) is 40.7. The van der Waals surface area contributed by atoms with Gasteiger partial charge in [0.2, 0.25) is 0 Å². The van der Waals surface area contributed by atoms with Crippen molar-refractivity contribution >= 4 is 14.2 Å². The van der Waals surface area contributed by atoms with E-state index in [1.54, 1.807) is 32.4 Å². The van der Waals surface area contributed by atoms with Crippen molar-refractivity contribution in [3.8, 4) is 11.5 Å². The lowest BCUT2D eigenvalue weighted by molar-refractivity contribution is -0.0958. The van der Waals surface area contributed by atoms with Gasteiger partial charge in [-0.1, -0.05) is 93.6 Å². The Morgan fingerprint density at radius 1 is 0.764 bits per heavy atom. The number of aliphatic hydroxyl groups excluding tert-OH is 1. The lowest BCUT2D eigenvalue weighted by Crippen LogP contribution is -2.51. The number of methoxy groups -OCH3 is 2. The van der Waals surface area contributed by atoms with Crippen molar-refractivity contribution < 1.29 is 33.3 Å². The van der Waals surface area contributed by atoms with E-state index in [4.69, 9.17) is 23.4 Å². The molecule has 2 heterocycles. The summed E-state index contributed by atoms with van der Waals surface area (Å²) in [6, 6.07) is 34.1. The molecule has 0 saturated carbocycles. The van der Waals surface area contributed by atoms with E-state index in [0.29, 0.717) is 16.1 Å². The van der Waals surface area contributed by atoms with Crippen molar-refractivity contribution in [2.75, 3.05) is 20.8 Å². The number of aromatic nitrogens is 2. The van der Waals surface area contributed by atoms with E-state index in [9.17, 15) is 19.5 Å². The minimum atomic E-state index is -2.62. The molecular weight excluding hydrogens is 717 g/mol. The zero-order valence-corrected chi connectivity index (χ0v) is 33.2. The van der Waals surface area contributed by atoms with Gasteiger partial charge in [0.15, 0.2) is 14.5 Å². The monoisotopic (exact) mass is 764 g/mol. The maximum absolute atomic E-state index is 14.1. The van der Waals surface area contributed by atoms with Crippen LogP contribution < -0.4 is 20.7 Å². The maximum Gasteiger partial charge on any atom is 0.340 e. The molecule has 1 fully saturated rings. The highest BCUT2D eigenvalue weighted by Crippen LogP contribution is 2.45. The van der Waals surface area contributed by atoms with E-state index in [-0.39, 0.29) is 17.2 Å². The molecular formula is C43H48N2O9Si. The van der Waals surface area contributed by atoms with Crippen molar-refractivity contribution in [2.24, 2.45) is 0 Å². The van der Waals surface area contributed by atoms with Gasteiger partial charge in [-0.25, -0.2) is 4.79 Å². The topological polar surface area (TPSA) is 127 Å². The fourth-order valence-electron chi connectivity index (χ4n) is 6.59. The van der Waals surface area contributed by atoms with E-state index >= 15 is 0 Å². The molecule has 1 aliphatic heterocycles. The quantitative estimate of drug-likeness (QED) is 0.114. The third-order valence-corrected chi connectivity index (χ3v) is 15.2. The molecule has 1 saturated heterocycles. The Labute approximate surface area is 321 Å². The SMILES string of the molecule is COc1ccc(C(OC[C@H]2O[C@@H](n3ccc(=O)n(C(=O)c4ccccc4)c3=O)[C@H](O[Si](C)(C)C(C)(C)C)[C@@H]2O)(c2ccccc2)c2ccc(OC)cc2)cc1. The fourth-order valence-corrected chi connectivity index (χ4v) is 7.88. The molecule has 1 aliphatic rings. The predicted octanol–water partition coefficient (Wildman–Crippen LogP) is 6.37. The first-order valence-corrected chi connectivity index (χ1v) is 21.1. The minimum Gasteiger partial charge on any atom is -0.497 e. The Kier molecular flexibility index (Phi) is 11.5. The summed E-state index contributed by atoms with van der Waals surface area (Å²) in [5.41, 5.74) is -0.382. The molecule has 0 radical (unpaired) electrons. The first kappa shape index (κ1) is 39.6. The zero-order chi connectivity index (χ0) is 39.5. The summed E-state index contributed by atoms with van der Waals surface area (Å²) in [5.74, 6) is 0.554. The number of carbonyl (C=O) groups excluding carboxylic acids is 1. The number of hydrogen-bond acceptors (Lipinski definition) is 9. The van der Waals surface area contributed by atoms with Gasteiger partial charge in [-0.15, -0.1) is 0 Å². The summed E-state index contributed by atoms with van der Waals surface area (Å²) in [6.07, 6.45) is -3.29. The molecule has 0 unspecified atom stereocenters. The summed E-state index contributed by atoms with van der Waals surface area (Å²) in [6.45, 7) is 10.1. The molecule has 1 N–H and O–H groups in total. The van der Waals surface area contributed by atoms with E-state index in [2.05, 4.69) is 20.8 Å². The minimum absolute atomic E-state index is 0.153. The molecule has 0 bridgehead atoms. The number of hydrogen-bond donors (Lipinski definition) is 1. The van der Waals surface area contributed by atoms with Gasteiger partial charge < -0.3 is 28.5 Å². The van der Waals surface area contributed by atoms with Crippen LogP contribution in [0.15, 0.2) is 131 Å². The molecule has 12 heteroatoms. The maximum atomic E-state index is 14.1. The van der Waals surface area contributed by atoms with Crippen LogP contribution in [-0.2, 0) is 19.5 Å². The second-order valence-electron chi connectivity index (χ2n) is 15.1. The van der Waals surface area contributed by atoms with E-state index in [1.807, 2.05) is 92.0 Å². The van der Waals surface area contributed by atoms with E-state index < -0.39 is 55.6 Å². The van der Waals surface area contributed by atoms with Gasteiger partial charge in [-0.3, -0.25) is 14.2 Å². The van der Waals surface area contributed by atoms with E-state index in [1.165, 1.54) is 18.3 Å². The molecule has 288 valence electrons. The lowest BCUT2D eigenvalue weighted by atomic mass is 9.80. The van der Waals surface area contributed by atoms with Crippen molar-refractivity contribution in [3.05, 3.63) is 165 Å². The number of nitrogens with zero attached hydrogens (tertiary/aromatic N) is 2. The third kappa shape index (κ3) is 7.73. The third-order valence-electron chi connectivity index (χ3n) is 10.7. The molecule has 55 heavy (non-hydrogen) atoms. The second-order valence-corrected chi connectivity index (χ2v) is 19.8. The van der Waals surface area contributed by atoms with Crippen molar-refractivity contribution in [2.45, 2.75) is 69.0 Å². The predicted molar refractivity (Wildman–Crippen MR) is 211 cm³/mol. The average Bonchev–Trinajstić information content (AvgIpc) is 3.48. The molecule has 4 atom stereocenters. The average molecular weight is 765 g/mol. The van der Waals surface area contributed by atoms with Crippen molar-refractivity contribution in [1.82, 2.24) is 9.13 Å². The van der Waals surface area contributed by atoms with Crippen LogP contribution in [0.1, 0.15) is 54.0 Å². The Bertz CT molecular complexity index is 2150. The molecule has 1 aromatic heterocycles. The zero-order valence-electron chi connectivity index (χ0n) is 32.2. The van der Waals surface area contributed by atoms with Crippen LogP contribution >= 0.6 is 0 Å². The standard InChI is InChI=1S/C43H48N2O9Si/c1-42(2,3)55(6,7)54-38-37(47)35(53-40(38)44-27-26-36(46)45(41(44)49)39(48)29-14-10-8-11-15-29)28-52-43(30-16-12-9-13-17-30,31-18-22-33(50-4)23-19-31)32-20-24-34(51-5)25-21-32/h8-27,35,37-38,40,47H,28H2,1-7H3/t35-,37-,38-,40-/m1/s1. The lowest BCUT2D eigenvalue weighted by Gasteiger charge is -2.40. The molecule has 6 rings (SSSR count). The molecule has 4 aromatic carbocycles. The smallest absolute Gasteiger partial charge is 0.340 e. The van der Waals surface area contributed by atoms with Gasteiger partial charge in [0.1, 0.15) is 35.4 Å². The first-order chi connectivity index (χ1) is 26.2. The first-order valence-electron chi connectivity index (χ1n) is 18.2. The highest BCUT2D eigenvalue weighted by atomic mass is 28.4. The van der Waals surface area contributed by atoms with Gasteiger partial charge in [-0.2, -0.15) is 4.57 Å². The van der Waals surface area contributed by atoms with Crippen LogP contribution in [0, 0.1) is 0 Å². The highest BCUT2D eigenvalue weighted by molar-refractivity contribution is 6.74. The summed E-state index contributed by atoms with van der Waals surface area (Å²) < 4.78 is 33.2. The second kappa shape index (κ2) is 15.9. The Morgan fingerprint density at radius 2 is 1.27 bits per heavy atom. The Balaban J connectivity index is 1.45. The molecule has 0 spiro atoms. The van der Waals surface area contributed by atoms with Gasteiger partial charge in [0.25, 0.3) is 11.5 Å². The Morgan fingerprint density at radius 3 is 1.78 bits per heavy atom. The summed E-state index contributed by atoms with van der Waals surface area (Å²) in [7, 11) is 0.583. The molecule has 0 aliphatic carbocycles. The largest absolute Gasteiger partial charge is 0.497 e. The van der Waals surface area contributed by atoms with Gasteiger partial charge in [0, 0.05) is 17.8 Å². The Hall–Kier alpha value is -5.11. The summed E-state index contributed by atoms with van der Waals surface area (Å²) in [5, 5.41) is 11.9. The number of benzene rings is 4. The number of carbonyl (C=O) groups is 1. The molecule has 0 amide bonds. The fraction of sp³-hybridized carbons (Fsp3) is 0.326. The van der Waals surface area contributed by atoms with Crippen molar-refractivity contribution in [3.63, 3.8) is 0 Å². The van der Waals surface area contributed by atoms with Crippen LogP contribution in [0.3, 0.4) is 0 Å². The molecule has 11 nitrogen and oxygen atoms in total.